The Balaban J connectivity index is 3.32. The average Bonchev–Trinajstić information content (AvgIpc) is 1.85. The van der Waals surface area contributed by atoms with Crippen LogP contribution in [0.4, 0.5) is 4.39 Å². The molecule has 0 amide bonds. The zero-order chi connectivity index (χ0) is 8.43. The number of rotatable bonds is 1. The van der Waals surface area contributed by atoms with E-state index in [1.807, 2.05) is 0 Å². The van der Waals surface area contributed by atoms with Crippen LogP contribution in [0.1, 0.15) is 11.1 Å². The van der Waals surface area contributed by atoms with E-state index in [4.69, 9.17) is 5.73 Å². The zero-order valence-electron chi connectivity index (χ0n) is 6.10. The highest BCUT2D eigenvalue weighted by Gasteiger charge is 2.06. The molecule has 0 radical (unpaired) electrons. The van der Waals surface area contributed by atoms with Crippen LogP contribution in [0.15, 0.2) is 18.2 Å². The SMILES string of the molecule is Cc1cccc(F)c1C(N)=S. The lowest BCUT2D eigenvalue weighted by Crippen LogP contribution is -2.13. The summed E-state index contributed by atoms with van der Waals surface area (Å²) in [6, 6.07) is 4.76. The van der Waals surface area contributed by atoms with Gasteiger partial charge < -0.3 is 5.73 Å². The van der Waals surface area contributed by atoms with Crippen molar-refractivity contribution >= 4 is 17.2 Å². The molecule has 1 aromatic rings. The molecule has 0 fully saturated rings. The first-order chi connectivity index (χ1) is 5.13. The Morgan fingerprint density at radius 3 is 2.55 bits per heavy atom. The molecule has 0 heterocycles. The molecule has 0 atom stereocenters. The van der Waals surface area contributed by atoms with Crippen molar-refractivity contribution in [3.63, 3.8) is 0 Å². The molecule has 0 saturated carbocycles. The Morgan fingerprint density at radius 1 is 1.55 bits per heavy atom. The van der Waals surface area contributed by atoms with Gasteiger partial charge >= 0.3 is 0 Å². The average molecular weight is 169 g/mol. The van der Waals surface area contributed by atoms with Gasteiger partial charge in [-0.25, -0.2) is 4.39 Å². The molecule has 0 spiro atoms. The van der Waals surface area contributed by atoms with E-state index in [-0.39, 0.29) is 10.8 Å². The maximum absolute atomic E-state index is 12.9. The Bertz CT molecular complexity index is 276. The van der Waals surface area contributed by atoms with E-state index >= 15 is 0 Å². The highest BCUT2D eigenvalue weighted by atomic mass is 32.1. The number of hydrogen-bond donors (Lipinski definition) is 1. The number of benzene rings is 1. The molecular formula is C8H8FNS. The van der Waals surface area contributed by atoms with Crippen molar-refractivity contribution in [1.29, 1.82) is 0 Å². The molecule has 1 nitrogen and oxygen atoms in total. The minimum absolute atomic E-state index is 0.112. The third-order valence-electron chi connectivity index (χ3n) is 1.47. The van der Waals surface area contributed by atoms with Gasteiger partial charge in [-0.1, -0.05) is 24.4 Å². The van der Waals surface area contributed by atoms with Gasteiger partial charge in [0.05, 0.1) is 0 Å². The van der Waals surface area contributed by atoms with Crippen LogP contribution in [0.2, 0.25) is 0 Å². The lowest BCUT2D eigenvalue weighted by atomic mass is 10.1. The molecule has 0 bridgehead atoms. The van der Waals surface area contributed by atoms with Crippen molar-refractivity contribution in [2.24, 2.45) is 5.73 Å². The Morgan fingerprint density at radius 2 is 2.18 bits per heavy atom. The van der Waals surface area contributed by atoms with E-state index in [0.29, 0.717) is 5.56 Å². The van der Waals surface area contributed by atoms with Crippen LogP contribution in [0.5, 0.6) is 0 Å². The summed E-state index contributed by atoms with van der Waals surface area (Å²) in [5, 5.41) is 0. The van der Waals surface area contributed by atoms with Crippen molar-refractivity contribution in [2.75, 3.05) is 0 Å². The number of nitrogens with two attached hydrogens (primary N) is 1. The van der Waals surface area contributed by atoms with Crippen LogP contribution in [0.3, 0.4) is 0 Å². The number of thiocarbonyl (C=S) groups is 1. The van der Waals surface area contributed by atoms with E-state index in [2.05, 4.69) is 12.2 Å². The molecule has 0 aromatic heterocycles. The Labute approximate surface area is 70.0 Å². The summed E-state index contributed by atoms with van der Waals surface area (Å²) >= 11 is 4.67. The Hall–Kier alpha value is -0.960. The highest BCUT2D eigenvalue weighted by molar-refractivity contribution is 7.80. The maximum Gasteiger partial charge on any atom is 0.133 e. The van der Waals surface area contributed by atoms with E-state index < -0.39 is 0 Å². The lowest BCUT2D eigenvalue weighted by Gasteiger charge is -2.03. The lowest BCUT2D eigenvalue weighted by molar-refractivity contribution is 0.624. The summed E-state index contributed by atoms with van der Waals surface area (Å²) < 4.78 is 12.9. The van der Waals surface area contributed by atoms with E-state index in [9.17, 15) is 4.39 Å². The van der Waals surface area contributed by atoms with Crippen molar-refractivity contribution in [3.8, 4) is 0 Å². The topological polar surface area (TPSA) is 26.0 Å². The van der Waals surface area contributed by atoms with Gasteiger partial charge in [-0.2, -0.15) is 0 Å². The fourth-order valence-corrected chi connectivity index (χ4v) is 1.20. The highest BCUT2D eigenvalue weighted by Crippen LogP contribution is 2.11. The second-order valence-corrected chi connectivity index (χ2v) is 2.74. The largest absolute Gasteiger partial charge is 0.389 e. The monoisotopic (exact) mass is 169 g/mol. The number of halogens is 1. The first-order valence-electron chi connectivity index (χ1n) is 3.18. The van der Waals surface area contributed by atoms with Crippen LogP contribution in [-0.2, 0) is 0 Å². The quantitative estimate of drug-likeness (QED) is 0.648. The van der Waals surface area contributed by atoms with Crippen LogP contribution in [-0.4, -0.2) is 4.99 Å². The second-order valence-electron chi connectivity index (χ2n) is 2.30. The zero-order valence-corrected chi connectivity index (χ0v) is 6.91. The van der Waals surface area contributed by atoms with E-state index in [1.165, 1.54) is 6.07 Å². The maximum atomic E-state index is 12.9. The predicted molar refractivity (Wildman–Crippen MR) is 47.0 cm³/mol. The van der Waals surface area contributed by atoms with Crippen LogP contribution < -0.4 is 5.73 Å². The molecule has 0 saturated heterocycles. The molecule has 1 rings (SSSR count). The molecule has 0 unspecified atom stereocenters. The summed E-state index contributed by atoms with van der Waals surface area (Å²) in [6.07, 6.45) is 0. The van der Waals surface area contributed by atoms with Gasteiger partial charge in [0, 0.05) is 5.56 Å². The second kappa shape index (κ2) is 2.96. The molecular weight excluding hydrogens is 161 g/mol. The molecule has 1 aromatic carbocycles. The van der Waals surface area contributed by atoms with E-state index in [1.54, 1.807) is 19.1 Å². The molecule has 3 heteroatoms. The minimum Gasteiger partial charge on any atom is -0.389 e. The van der Waals surface area contributed by atoms with Gasteiger partial charge in [-0.3, -0.25) is 0 Å². The minimum atomic E-state index is -0.350. The third kappa shape index (κ3) is 1.54. The molecule has 0 aliphatic rings. The fraction of sp³-hybridized carbons (Fsp3) is 0.125. The Kier molecular flexibility index (Phi) is 2.19. The van der Waals surface area contributed by atoms with Gasteiger partial charge in [0.25, 0.3) is 0 Å². The van der Waals surface area contributed by atoms with Crippen molar-refractivity contribution in [1.82, 2.24) is 0 Å². The van der Waals surface area contributed by atoms with E-state index in [0.717, 1.165) is 5.56 Å². The normalized spacial score (nSPS) is 9.64. The summed E-state index contributed by atoms with van der Waals surface area (Å²) in [4.78, 5) is 0.112. The van der Waals surface area contributed by atoms with Gasteiger partial charge in [0.15, 0.2) is 0 Å². The van der Waals surface area contributed by atoms with Crippen LogP contribution >= 0.6 is 12.2 Å². The molecule has 11 heavy (non-hydrogen) atoms. The smallest absolute Gasteiger partial charge is 0.133 e. The molecule has 58 valence electrons. The number of aryl methyl sites for hydroxylation is 1. The summed E-state index contributed by atoms with van der Waals surface area (Å²) in [5.74, 6) is -0.350. The first kappa shape index (κ1) is 8.14. The van der Waals surface area contributed by atoms with Gasteiger partial charge in [0.2, 0.25) is 0 Å². The third-order valence-corrected chi connectivity index (χ3v) is 1.67. The van der Waals surface area contributed by atoms with Gasteiger partial charge in [-0.05, 0) is 18.6 Å². The van der Waals surface area contributed by atoms with Crippen LogP contribution in [0.25, 0.3) is 0 Å². The summed E-state index contributed by atoms with van der Waals surface area (Å²) in [6.45, 7) is 1.78. The molecule has 2 N–H and O–H groups in total. The van der Waals surface area contributed by atoms with Gasteiger partial charge in [-0.15, -0.1) is 0 Å². The fourth-order valence-electron chi connectivity index (χ4n) is 0.944. The summed E-state index contributed by atoms with van der Waals surface area (Å²) in [5.41, 5.74) is 6.43. The standard InChI is InChI=1S/C8H8FNS/c1-5-3-2-4-6(9)7(5)8(10)11/h2-4H,1H3,(H2,10,11). The van der Waals surface area contributed by atoms with Crippen molar-refractivity contribution < 1.29 is 4.39 Å². The number of hydrogen-bond acceptors (Lipinski definition) is 1. The van der Waals surface area contributed by atoms with Crippen molar-refractivity contribution in [3.05, 3.63) is 35.1 Å². The first-order valence-corrected chi connectivity index (χ1v) is 3.58. The molecule has 0 aliphatic heterocycles. The van der Waals surface area contributed by atoms with Gasteiger partial charge in [0.1, 0.15) is 10.8 Å². The predicted octanol–water partition coefficient (Wildman–Crippen LogP) is 1.77. The van der Waals surface area contributed by atoms with Crippen LogP contribution in [0, 0.1) is 12.7 Å². The summed E-state index contributed by atoms with van der Waals surface area (Å²) in [7, 11) is 0. The molecule has 0 aliphatic carbocycles. The van der Waals surface area contributed by atoms with Crippen molar-refractivity contribution in [2.45, 2.75) is 6.92 Å².